The van der Waals surface area contributed by atoms with Crippen molar-refractivity contribution in [3.05, 3.63) is 69.0 Å². The van der Waals surface area contributed by atoms with Crippen molar-refractivity contribution in [2.75, 3.05) is 0 Å². The number of aromatic nitrogens is 2. The maximum atomic E-state index is 12.0. The summed E-state index contributed by atoms with van der Waals surface area (Å²) < 4.78 is 5.15. The first-order valence-corrected chi connectivity index (χ1v) is 8.94. The van der Waals surface area contributed by atoms with Crippen molar-refractivity contribution >= 4 is 40.7 Å². The predicted molar refractivity (Wildman–Crippen MR) is 101 cm³/mol. The van der Waals surface area contributed by atoms with E-state index in [2.05, 4.69) is 15.5 Å². The highest BCUT2D eigenvalue weighted by Gasteiger charge is 2.11. The maximum Gasteiger partial charge on any atom is 0.246 e. The number of nitrogens with zero attached hydrogens (tertiary/aromatic N) is 2. The third-order valence-corrected chi connectivity index (χ3v) is 4.45. The van der Waals surface area contributed by atoms with Crippen molar-refractivity contribution in [1.82, 2.24) is 15.5 Å². The topological polar surface area (TPSA) is 68.0 Å². The van der Waals surface area contributed by atoms with Gasteiger partial charge in [0.2, 0.25) is 17.6 Å². The van der Waals surface area contributed by atoms with Crippen molar-refractivity contribution in [3.63, 3.8) is 0 Å². The van der Waals surface area contributed by atoms with Gasteiger partial charge in [-0.05, 0) is 36.2 Å². The molecule has 0 radical (unpaired) electrons. The summed E-state index contributed by atoms with van der Waals surface area (Å²) in [6, 6.07) is 12.4. The molecule has 0 aliphatic heterocycles. The number of benzene rings is 2. The van der Waals surface area contributed by atoms with Crippen LogP contribution in [0.5, 0.6) is 0 Å². The molecule has 0 aliphatic carbocycles. The number of carbonyl (C=O) groups is 1. The van der Waals surface area contributed by atoms with Gasteiger partial charge in [-0.25, -0.2) is 0 Å². The van der Waals surface area contributed by atoms with E-state index in [1.807, 2.05) is 12.1 Å². The SMILES string of the molecule is O=C(CCc1ccc(Cl)cc1Cl)NCc1nc(-c2cccc(Cl)c2)no1. The van der Waals surface area contributed by atoms with E-state index >= 15 is 0 Å². The van der Waals surface area contributed by atoms with E-state index < -0.39 is 0 Å². The molecule has 134 valence electrons. The zero-order valence-corrected chi connectivity index (χ0v) is 15.8. The summed E-state index contributed by atoms with van der Waals surface area (Å²) in [5.74, 6) is 0.598. The molecule has 8 heteroatoms. The van der Waals surface area contributed by atoms with Crippen LogP contribution in [0.1, 0.15) is 17.9 Å². The summed E-state index contributed by atoms with van der Waals surface area (Å²) in [6.45, 7) is 0.154. The van der Waals surface area contributed by atoms with Crippen LogP contribution >= 0.6 is 34.8 Å². The number of nitrogens with one attached hydrogen (secondary N) is 1. The zero-order chi connectivity index (χ0) is 18.5. The van der Waals surface area contributed by atoms with E-state index in [1.165, 1.54) is 0 Å². The van der Waals surface area contributed by atoms with Gasteiger partial charge in [0, 0.05) is 27.1 Å². The molecule has 0 fully saturated rings. The summed E-state index contributed by atoms with van der Waals surface area (Å²) in [6.07, 6.45) is 0.802. The van der Waals surface area contributed by atoms with Gasteiger partial charge in [0.25, 0.3) is 0 Å². The fourth-order valence-corrected chi connectivity index (χ4v) is 3.00. The molecule has 5 nitrogen and oxygen atoms in total. The third-order valence-electron chi connectivity index (χ3n) is 3.62. The van der Waals surface area contributed by atoms with Gasteiger partial charge in [-0.1, -0.05) is 58.2 Å². The molecular weight excluding hydrogens is 397 g/mol. The van der Waals surface area contributed by atoms with Crippen LogP contribution in [-0.2, 0) is 17.8 Å². The Kier molecular flexibility index (Phi) is 6.14. The van der Waals surface area contributed by atoms with Gasteiger partial charge in [0.05, 0.1) is 6.54 Å². The van der Waals surface area contributed by atoms with Gasteiger partial charge in [0.15, 0.2) is 0 Å². The fraction of sp³-hybridized carbons (Fsp3) is 0.167. The van der Waals surface area contributed by atoms with Crippen LogP contribution in [0, 0.1) is 0 Å². The van der Waals surface area contributed by atoms with Crippen molar-refractivity contribution in [3.8, 4) is 11.4 Å². The Bertz CT molecular complexity index is 928. The number of rotatable bonds is 6. The van der Waals surface area contributed by atoms with Crippen LogP contribution < -0.4 is 5.32 Å². The maximum absolute atomic E-state index is 12.0. The minimum absolute atomic E-state index is 0.140. The minimum atomic E-state index is -0.140. The number of hydrogen-bond donors (Lipinski definition) is 1. The van der Waals surface area contributed by atoms with Gasteiger partial charge >= 0.3 is 0 Å². The van der Waals surface area contributed by atoms with Crippen LogP contribution in [0.2, 0.25) is 15.1 Å². The average Bonchev–Trinajstić information content (AvgIpc) is 3.08. The zero-order valence-electron chi connectivity index (χ0n) is 13.5. The van der Waals surface area contributed by atoms with Crippen molar-refractivity contribution < 1.29 is 9.32 Å². The van der Waals surface area contributed by atoms with Gasteiger partial charge < -0.3 is 9.84 Å². The van der Waals surface area contributed by atoms with Crippen molar-refractivity contribution in [2.45, 2.75) is 19.4 Å². The first kappa shape index (κ1) is 18.7. The van der Waals surface area contributed by atoms with Crippen LogP contribution in [0.3, 0.4) is 0 Å². The molecule has 0 saturated carbocycles. The normalized spacial score (nSPS) is 10.7. The molecule has 0 saturated heterocycles. The van der Waals surface area contributed by atoms with E-state index in [9.17, 15) is 4.79 Å². The highest BCUT2D eigenvalue weighted by Crippen LogP contribution is 2.22. The van der Waals surface area contributed by atoms with Crippen LogP contribution in [0.4, 0.5) is 0 Å². The molecular formula is C18H14Cl3N3O2. The predicted octanol–water partition coefficient (Wildman–Crippen LogP) is 4.95. The molecule has 3 rings (SSSR count). The second kappa shape index (κ2) is 8.54. The Morgan fingerprint density at radius 2 is 1.88 bits per heavy atom. The van der Waals surface area contributed by atoms with E-state index in [0.29, 0.717) is 33.2 Å². The van der Waals surface area contributed by atoms with Crippen LogP contribution in [-0.4, -0.2) is 16.0 Å². The smallest absolute Gasteiger partial charge is 0.246 e. The summed E-state index contributed by atoms with van der Waals surface area (Å²) >= 11 is 17.9. The summed E-state index contributed by atoms with van der Waals surface area (Å²) in [5, 5.41) is 8.34. The Hall–Kier alpha value is -2.08. The lowest BCUT2D eigenvalue weighted by atomic mass is 10.1. The monoisotopic (exact) mass is 409 g/mol. The van der Waals surface area contributed by atoms with Crippen LogP contribution in [0.25, 0.3) is 11.4 Å². The molecule has 1 N–H and O–H groups in total. The summed E-state index contributed by atoms with van der Waals surface area (Å²) in [5.41, 5.74) is 1.61. The van der Waals surface area contributed by atoms with Gasteiger partial charge in [-0.2, -0.15) is 4.98 Å². The second-order valence-electron chi connectivity index (χ2n) is 5.53. The first-order chi connectivity index (χ1) is 12.5. The van der Waals surface area contributed by atoms with Gasteiger partial charge in [-0.15, -0.1) is 0 Å². The molecule has 2 aromatic carbocycles. The number of carbonyl (C=O) groups excluding carboxylic acids is 1. The number of halogens is 3. The Balaban J connectivity index is 1.52. The standard InChI is InChI=1S/C18H14Cl3N3O2/c19-13-3-1-2-12(8-13)18-23-17(26-24-18)10-22-16(25)7-5-11-4-6-14(20)9-15(11)21/h1-4,6,8-9H,5,7,10H2,(H,22,25). The summed E-state index contributed by atoms with van der Waals surface area (Å²) in [4.78, 5) is 16.3. The van der Waals surface area contributed by atoms with E-state index in [-0.39, 0.29) is 18.9 Å². The lowest BCUT2D eigenvalue weighted by Crippen LogP contribution is -2.23. The molecule has 0 bridgehead atoms. The largest absolute Gasteiger partial charge is 0.347 e. The molecule has 1 heterocycles. The number of hydrogen-bond acceptors (Lipinski definition) is 4. The molecule has 1 aromatic heterocycles. The van der Waals surface area contributed by atoms with Gasteiger partial charge in [0.1, 0.15) is 0 Å². The highest BCUT2D eigenvalue weighted by molar-refractivity contribution is 6.35. The second-order valence-corrected chi connectivity index (χ2v) is 6.81. The minimum Gasteiger partial charge on any atom is -0.347 e. The average molecular weight is 411 g/mol. The van der Waals surface area contributed by atoms with E-state index in [4.69, 9.17) is 39.3 Å². The Morgan fingerprint density at radius 1 is 1.08 bits per heavy atom. The number of amides is 1. The molecule has 3 aromatic rings. The van der Waals surface area contributed by atoms with E-state index in [1.54, 1.807) is 30.3 Å². The van der Waals surface area contributed by atoms with E-state index in [0.717, 1.165) is 11.1 Å². The Labute approximate surface area is 165 Å². The lowest BCUT2D eigenvalue weighted by Gasteiger charge is -2.05. The van der Waals surface area contributed by atoms with Gasteiger partial charge in [-0.3, -0.25) is 4.79 Å². The Morgan fingerprint density at radius 3 is 2.65 bits per heavy atom. The molecule has 0 spiro atoms. The fourth-order valence-electron chi connectivity index (χ4n) is 2.31. The first-order valence-electron chi connectivity index (χ1n) is 7.80. The summed E-state index contributed by atoms with van der Waals surface area (Å²) in [7, 11) is 0. The lowest BCUT2D eigenvalue weighted by molar-refractivity contribution is -0.121. The van der Waals surface area contributed by atoms with Crippen molar-refractivity contribution in [1.29, 1.82) is 0 Å². The van der Waals surface area contributed by atoms with Crippen molar-refractivity contribution in [2.24, 2.45) is 0 Å². The molecule has 0 atom stereocenters. The third kappa shape index (κ3) is 4.97. The molecule has 26 heavy (non-hydrogen) atoms. The van der Waals surface area contributed by atoms with Crippen LogP contribution in [0.15, 0.2) is 47.0 Å². The molecule has 0 unspecified atom stereocenters. The quantitative estimate of drug-likeness (QED) is 0.624. The molecule has 1 amide bonds. The highest BCUT2D eigenvalue weighted by atomic mass is 35.5. The number of aryl methyl sites for hydroxylation is 1. The molecule has 0 aliphatic rings.